The number of aromatic carboxylic acids is 1. The Morgan fingerprint density at radius 3 is 2.80 bits per heavy atom. The second-order valence-corrected chi connectivity index (χ2v) is 5.09. The number of carbonyl (C=O) groups is 3. The molecule has 1 fully saturated rings. The van der Waals surface area contributed by atoms with E-state index in [1.807, 2.05) is 0 Å². The van der Waals surface area contributed by atoms with E-state index in [-0.39, 0.29) is 29.7 Å². The Labute approximate surface area is 115 Å². The molecular weight excluding hydrogens is 260 g/mol. The molecule has 0 spiro atoms. The molecule has 1 unspecified atom stereocenters. The number of carbonyl (C=O) groups excluding carboxylic acids is 2. The van der Waals surface area contributed by atoms with Gasteiger partial charge in [0.1, 0.15) is 0 Å². The van der Waals surface area contributed by atoms with E-state index in [0.717, 1.165) is 12.0 Å². The smallest absolute Gasteiger partial charge is 0.335 e. The summed E-state index contributed by atoms with van der Waals surface area (Å²) in [6.45, 7) is 0.907. The molecule has 6 nitrogen and oxygen atoms in total. The van der Waals surface area contributed by atoms with Crippen molar-refractivity contribution in [2.45, 2.75) is 12.8 Å². The number of amides is 2. The van der Waals surface area contributed by atoms with Gasteiger partial charge in [-0.05, 0) is 24.1 Å². The fraction of sp³-hybridized carbons (Fsp3) is 0.357. The van der Waals surface area contributed by atoms with E-state index in [1.54, 1.807) is 17.0 Å². The first-order valence-corrected chi connectivity index (χ1v) is 6.50. The van der Waals surface area contributed by atoms with Gasteiger partial charge in [-0.1, -0.05) is 6.07 Å². The van der Waals surface area contributed by atoms with Crippen molar-refractivity contribution in [3.05, 3.63) is 29.3 Å². The highest BCUT2D eigenvalue weighted by Crippen LogP contribution is 2.31. The van der Waals surface area contributed by atoms with Gasteiger partial charge in [-0.3, -0.25) is 9.59 Å². The minimum absolute atomic E-state index is 0.107. The molecular formula is C14H14N2O4. The average molecular weight is 274 g/mol. The van der Waals surface area contributed by atoms with Crippen LogP contribution in [-0.2, 0) is 16.0 Å². The molecule has 2 amide bonds. The maximum absolute atomic E-state index is 12.4. The summed E-state index contributed by atoms with van der Waals surface area (Å²) in [4.78, 5) is 36.2. The van der Waals surface area contributed by atoms with Crippen LogP contribution < -0.4 is 10.2 Å². The van der Waals surface area contributed by atoms with Crippen LogP contribution in [0.2, 0.25) is 0 Å². The van der Waals surface area contributed by atoms with E-state index in [9.17, 15) is 14.4 Å². The third-order valence-corrected chi connectivity index (χ3v) is 3.82. The fourth-order valence-electron chi connectivity index (χ4n) is 2.74. The van der Waals surface area contributed by atoms with Crippen molar-refractivity contribution < 1.29 is 19.5 Å². The summed E-state index contributed by atoms with van der Waals surface area (Å²) in [6.07, 6.45) is 0.929. The first kappa shape index (κ1) is 12.7. The Hall–Kier alpha value is -2.37. The predicted octanol–water partition coefficient (Wildman–Crippen LogP) is 0.410. The number of rotatable bonds is 2. The van der Waals surface area contributed by atoms with Gasteiger partial charge >= 0.3 is 5.97 Å². The lowest BCUT2D eigenvalue weighted by molar-refractivity contribution is -0.124. The third kappa shape index (κ3) is 2.03. The van der Waals surface area contributed by atoms with E-state index in [2.05, 4.69) is 5.32 Å². The topological polar surface area (TPSA) is 86.7 Å². The van der Waals surface area contributed by atoms with Gasteiger partial charge in [0.2, 0.25) is 11.8 Å². The molecule has 0 radical (unpaired) electrons. The zero-order valence-corrected chi connectivity index (χ0v) is 10.8. The fourth-order valence-corrected chi connectivity index (χ4v) is 2.74. The summed E-state index contributed by atoms with van der Waals surface area (Å²) in [5.41, 5.74) is 1.80. The molecule has 6 heteroatoms. The molecule has 1 aromatic carbocycles. The van der Waals surface area contributed by atoms with Crippen molar-refractivity contribution in [2.75, 3.05) is 18.0 Å². The molecule has 1 saturated heterocycles. The molecule has 104 valence electrons. The summed E-state index contributed by atoms with van der Waals surface area (Å²) in [7, 11) is 0. The molecule has 2 aliphatic rings. The van der Waals surface area contributed by atoms with Crippen LogP contribution >= 0.6 is 0 Å². The molecule has 3 rings (SSSR count). The van der Waals surface area contributed by atoms with E-state index >= 15 is 0 Å². The van der Waals surface area contributed by atoms with Crippen molar-refractivity contribution >= 4 is 23.5 Å². The van der Waals surface area contributed by atoms with E-state index in [4.69, 9.17) is 5.11 Å². The van der Waals surface area contributed by atoms with Crippen molar-refractivity contribution in [3.63, 3.8) is 0 Å². The van der Waals surface area contributed by atoms with Crippen LogP contribution in [0.4, 0.5) is 5.69 Å². The van der Waals surface area contributed by atoms with Gasteiger partial charge in [0.15, 0.2) is 0 Å². The van der Waals surface area contributed by atoms with Gasteiger partial charge in [0, 0.05) is 25.2 Å². The van der Waals surface area contributed by atoms with Crippen molar-refractivity contribution in [2.24, 2.45) is 5.92 Å². The quantitative estimate of drug-likeness (QED) is 0.817. The lowest BCUT2D eigenvalue weighted by Crippen LogP contribution is -2.35. The summed E-state index contributed by atoms with van der Waals surface area (Å²) in [5, 5.41) is 11.7. The number of carboxylic acid groups (broad SMARTS) is 1. The predicted molar refractivity (Wildman–Crippen MR) is 70.6 cm³/mol. The van der Waals surface area contributed by atoms with Gasteiger partial charge in [-0.25, -0.2) is 4.79 Å². The van der Waals surface area contributed by atoms with Crippen LogP contribution in [0.15, 0.2) is 18.2 Å². The zero-order chi connectivity index (χ0) is 14.3. The Morgan fingerprint density at radius 1 is 1.35 bits per heavy atom. The highest BCUT2D eigenvalue weighted by Gasteiger charge is 2.34. The second-order valence-electron chi connectivity index (χ2n) is 5.09. The normalized spacial score (nSPS) is 20.7. The van der Waals surface area contributed by atoms with Crippen LogP contribution in [0.1, 0.15) is 22.3 Å². The van der Waals surface area contributed by atoms with E-state index in [0.29, 0.717) is 18.8 Å². The van der Waals surface area contributed by atoms with Crippen molar-refractivity contribution in [1.82, 2.24) is 5.32 Å². The first-order valence-electron chi connectivity index (χ1n) is 6.50. The van der Waals surface area contributed by atoms with Crippen molar-refractivity contribution in [3.8, 4) is 0 Å². The highest BCUT2D eigenvalue weighted by atomic mass is 16.4. The van der Waals surface area contributed by atoms with E-state index < -0.39 is 5.97 Å². The minimum Gasteiger partial charge on any atom is -0.478 e. The van der Waals surface area contributed by atoms with E-state index in [1.165, 1.54) is 6.07 Å². The van der Waals surface area contributed by atoms with Gasteiger partial charge in [0.05, 0.1) is 11.5 Å². The molecule has 20 heavy (non-hydrogen) atoms. The summed E-state index contributed by atoms with van der Waals surface area (Å²) in [5.74, 6) is -1.57. The summed E-state index contributed by atoms with van der Waals surface area (Å²) >= 11 is 0. The zero-order valence-electron chi connectivity index (χ0n) is 10.8. The van der Waals surface area contributed by atoms with Gasteiger partial charge < -0.3 is 15.3 Å². The maximum Gasteiger partial charge on any atom is 0.335 e. The lowest BCUT2D eigenvalue weighted by Gasteiger charge is -2.20. The number of nitrogens with zero attached hydrogens (tertiary/aromatic N) is 1. The monoisotopic (exact) mass is 274 g/mol. The van der Waals surface area contributed by atoms with Crippen LogP contribution in [-0.4, -0.2) is 36.0 Å². The van der Waals surface area contributed by atoms with Gasteiger partial charge in [0.25, 0.3) is 0 Å². The largest absolute Gasteiger partial charge is 0.478 e. The Morgan fingerprint density at radius 2 is 2.15 bits per heavy atom. The van der Waals surface area contributed by atoms with Crippen molar-refractivity contribution in [1.29, 1.82) is 0 Å². The number of fused-ring (bicyclic) bond motifs is 1. The molecule has 0 aliphatic carbocycles. The third-order valence-electron chi connectivity index (χ3n) is 3.82. The average Bonchev–Trinajstić information content (AvgIpc) is 3.03. The Bertz CT molecular complexity index is 611. The highest BCUT2D eigenvalue weighted by molar-refractivity contribution is 6.01. The van der Waals surface area contributed by atoms with Crippen LogP contribution in [0.5, 0.6) is 0 Å². The molecule has 1 aromatic rings. The molecule has 2 heterocycles. The SMILES string of the molecule is O=C1CC(C(=O)N2CCc3ccc(C(=O)O)cc32)CN1. The van der Waals surface area contributed by atoms with Gasteiger partial charge in [-0.15, -0.1) is 0 Å². The van der Waals surface area contributed by atoms with Crippen LogP contribution in [0.25, 0.3) is 0 Å². The van der Waals surface area contributed by atoms with Gasteiger partial charge in [-0.2, -0.15) is 0 Å². The standard InChI is InChI=1S/C14H14N2O4/c17-12-6-10(7-15-12)13(18)16-4-3-8-1-2-9(14(19)20)5-11(8)16/h1-2,5,10H,3-4,6-7H2,(H,15,17)(H,19,20). The molecule has 1 atom stereocenters. The van der Waals surface area contributed by atoms with Crippen LogP contribution in [0, 0.1) is 5.92 Å². The summed E-state index contributed by atoms with van der Waals surface area (Å²) < 4.78 is 0. The molecule has 0 saturated carbocycles. The molecule has 2 aliphatic heterocycles. The maximum atomic E-state index is 12.4. The number of carboxylic acids is 1. The number of anilines is 1. The Balaban J connectivity index is 1.88. The molecule has 0 bridgehead atoms. The molecule has 2 N–H and O–H groups in total. The molecule has 0 aromatic heterocycles. The first-order chi connectivity index (χ1) is 9.56. The van der Waals surface area contributed by atoms with Crippen LogP contribution in [0.3, 0.4) is 0 Å². The second kappa shape index (κ2) is 4.63. The Kier molecular flexibility index (Phi) is 2.93. The lowest BCUT2D eigenvalue weighted by atomic mass is 10.1. The summed E-state index contributed by atoms with van der Waals surface area (Å²) in [6, 6.07) is 4.84. The number of nitrogens with one attached hydrogen (secondary N) is 1. The minimum atomic E-state index is -1.01. The number of benzene rings is 1. The number of hydrogen-bond acceptors (Lipinski definition) is 3. The number of hydrogen-bond donors (Lipinski definition) is 2.